The van der Waals surface area contributed by atoms with Crippen molar-refractivity contribution in [1.29, 1.82) is 0 Å². The molecule has 1 heterocycles. The van der Waals surface area contributed by atoms with E-state index in [-0.39, 0.29) is 11.3 Å². The maximum Gasteiger partial charge on any atom is 0.259 e. The van der Waals surface area contributed by atoms with Gasteiger partial charge in [-0.15, -0.1) is 0 Å². The second kappa shape index (κ2) is 6.16. The molecule has 0 fully saturated rings. The zero-order valence-electron chi connectivity index (χ0n) is 14.3. The second-order valence-corrected chi connectivity index (χ2v) is 7.79. The first-order valence-electron chi connectivity index (χ1n) is 8.70. The highest BCUT2D eigenvalue weighted by Gasteiger charge is 2.32. The Morgan fingerprint density at radius 3 is 2.15 bits per heavy atom. The van der Waals surface area contributed by atoms with Crippen LogP contribution in [0.1, 0.15) is 21.5 Å². The fraction of sp³-hybridized carbons (Fsp3) is 0.0435. The van der Waals surface area contributed by atoms with E-state index < -0.39 is 0 Å². The monoisotopic (exact) mass is 463 g/mol. The van der Waals surface area contributed by atoms with Crippen LogP contribution in [0, 0.1) is 3.57 Å². The van der Waals surface area contributed by atoms with Crippen molar-refractivity contribution < 1.29 is 4.79 Å². The SMILES string of the molecule is O=C1c2ccccc2-c2c1c1ccccc1c(=O)n2Cc1ccccc1I. The molecule has 130 valence electrons. The molecule has 1 aromatic heterocycles. The van der Waals surface area contributed by atoms with Gasteiger partial charge in [0.1, 0.15) is 0 Å². The molecule has 5 rings (SSSR count). The fourth-order valence-electron chi connectivity index (χ4n) is 3.88. The summed E-state index contributed by atoms with van der Waals surface area (Å²) in [6.45, 7) is 0.437. The molecule has 3 aromatic carbocycles. The Balaban J connectivity index is 1.90. The van der Waals surface area contributed by atoms with Crippen molar-refractivity contribution in [2.75, 3.05) is 0 Å². The van der Waals surface area contributed by atoms with Gasteiger partial charge in [-0.25, -0.2) is 0 Å². The average molecular weight is 463 g/mol. The van der Waals surface area contributed by atoms with Crippen LogP contribution < -0.4 is 5.56 Å². The summed E-state index contributed by atoms with van der Waals surface area (Å²) in [6, 6.07) is 23.0. The maximum absolute atomic E-state index is 13.4. The van der Waals surface area contributed by atoms with Gasteiger partial charge < -0.3 is 4.57 Å². The third-order valence-corrected chi connectivity index (χ3v) is 6.17. The molecular formula is C23H14INO2. The van der Waals surface area contributed by atoms with Crippen LogP contribution in [0.5, 0.6) is 0 Å². The first kappa shape index (κ1) is 16.4. The van der Waals surface area contributed by atoms with Gasteiger partial charge >= 0.3 is 0 Å². The van der Waals surface area contributed by atoms with Crippen LogP contribution in [-0.4, -0.2) is 10.4 Å². The molecule has 0 atom stereocenters. The Bertz CT molecular complexity index is 1300. The van der Waals surface area contributed by atoms with Crippen molar-refractivity contribution in [3.63, 3.8) is 0 Å². The molecule has 4 aromatic rings. The summed E-state index contributed by atoms with van der Waals surface area (Å²) >= 11 is 2.29. The summed E-state index contributed by atoms with van der Waals surface area (Å²) < 4.78 is 2.86. The summed E-state index contributed by atoms with van der Waals surface area (Å²) in [5.41, 5.74) is 3.88. The topological polar surface area (TPSA) is 39.1 Å². The molecule has 0 aliphatic heterocycles. The number of hydrogen-bond donors (Lipinski definition) is 0. The molecule has 0 unspecified atom stereocenters. The van der Waals surface area contributed by atoms with E-state index in [1.54, 1.807) is 10.6 Å². The first-order chi connectivity index (χ1) is 13.2. The summed E-state index contributed by atoms with van der Waals surface area (Å²) in [5.74, 6) is -0.00620. The minimum atomic E-state index is -0.0616. The number of halogens is 1. The quantitative estimate of drug-likeness (QED) is 0.351. The molecule has 27 heavy (non-hydrogen) atoms. The standard InChI is InChI=1S/C23H14INO2/c24-19-12-6-1-7-14(19)13-25-21-16-9-3-4-10-17(16)22(26)20(21)15-8-2-5-11-18(15)23(25)27/h1-12H,13H2. The van der Waals surface area contributed by atoms with E-state index in [1.807, 2.05) is 66.7 Å². The predicted octanol–water partition coefficient (Wildman–Crippen LogP) is 4.87. The Morgan fingerprint density at radius 2 is 1.37 bits per heavy atom. The zero-order valence-corrected chi connectivity index (χ0v) is 16.4. The number of carbonyl (C=O) groups is 1. The van der Waals surface area contributed by atoms with Crippen molar-refractivity contribution in [2.45, 2.75) is 6.54 Å². The van der Waals surface area contributed by atoms with Gasteiger partial charge in [0.15, 0.2) is 5.78 Å². The molecule has 0 N–H and O–H groups in total. The molecule has 0 bridgehead atoms. The van der Waals surface area contributed by atoms with Gasteiger partial charge in [0.2, 0.25) is 0 Å². The highest BCUT2D eigenvalue weighted by Crippen LogP contribution is 2.39. The van der Waals surface area contributed by atoms with E-state index in [1.165, 1.54) is 0 Å². The Kier molecular flexibility index (Phi) is 3.75. The van der Waals surface area contributed by atoms with E-state index in [0.717, 1.165) is 25.8 Å². The lowest BCUT2D eigenvalue weighted by molar-refractivity contribution is 0.104. The Morgan fingerprint density at radius 1 is 0.741 bits per heavy atom. The molecule has 3 nitrogen and oxygen atoms in total. The number of benzene rings is 3. The van der Waals surface area contributed by atoms with E-state index in [2.05, 4.69) is 22.6 Å². The number of carbonyl (C=O) groups excluding carboxylic acids is 1. The Labute approximate surface area is 169 Å². The van der Waals surface area contributed by atoms with Gasteiger partial charge in [-0.1, -0.05) is 60.7 Å². The number of nitrogens with zero attached hydrogens (tertiary/aromatic N) is 1. The average Bonchev–Trinajstić information content (AvgIpc) is 3.00. The van der Waals surface area contributed by atoms with Gasteiger partial charge in [-0.3, -0.25) is 9.59 Å². The molecule has 0 amide bonds. The van der Waals surface area contributed by atoms with Crippen LogP contribution >= 0.6 is 22.6 Å². The maximum atomic E-state index is 13.4. The van der Waals surface area contributed by atoms with Gasteiger partial charge in [-0.2, -0.15) is 0 Å². The van der Waals surface area contributed by atoms with E-state index in [0.29, 0.717) is 23.1 Å². The molecule has 0 saturated carbocycles. The molecule has 4 heteroatoms. The zero-order chi connectivity index (χ0) is 18.5. The van der Waals surface area contributed by atoms with Crippen molar-refractivity contribution in [3.05, 3.63) is 103 Å². The van der Waals surface area contributed by atoms with Gasteiger partial charge in [0, 0.05) is 25.5 Å². The van der Waals surface area contributed by atoms with Crippen molar-refractivity contribution in [3.8, 4) is 11.3 Å². The summed E-state index contributed by atoms with van der Waals surface area (Å²) in [6.07, 6.45) is 0. The minimum Gasteiger partial charge on any atom is -0.302 e. The number of rotatable bonds is 2. The van der Waals surface area contributed by atoms with E-state index in [4.69, 9.17) is 0 Å². The van der Waals surface area contributed by atoms with Gasteiger partial charge in [0.05, 0.1) is 17.8 Å². The molecule has 1 aliphatic carbocycles. The number of aromatic nitrogens is 1. The van der Waals surface area contributed by atoms with Gasteiger partial charge in [0.25, 0.3) is 5.56 Å². The minimum absolute atomic E-state index is 0.00620. The number of fused-ring (bicyclic) bond motifs is 5. The number of ketones is 1. The third kappa shape index (κ3) is 2.40. The summed E-state index contributed by atoms with van der Waals surface area (Å²) in [7, 11) is 0. The molecule has 0 saturated heterocycles. The van der Waals surface area contributed by atoms with Gasteiger partial charge in [-0.05, 0) is 40.3 Å². The van der Waals surface area contributed by atoms with Crippen molar-refractivity contribution in [2.24, 2.45) is 0 Å². The third-order valence-electron chi connectivity index (χ3n) is 5.12. The van der Waals surface area contributed by atoms with E-state index >= 15 is 0 Å². The number of pyridine rings is 1. The smallest absolute Gasteiger partial charge is 0.259 e. The molecular weight excluding hydrogens is 449 g/mol. The first-order valence-corrected chi connectivity index (χ1v) is 9.78. The lowest BCUT2D eigenvalue weighted by Crippen LogP contribution is -2.24. The van der Waals surface area contributed by atoms with Crippen molar-refractivity contribution in [1.82, 2.24) is 4.57 Å². The highest BCUT2D eigenvalue weighted by molar-refractivity contribution is 14.1. The summed E-state index contributed by atoms with van der Waals surface area (Å²) in [5, 5.41) is 1.32. The molecule has 1 aliphatic rings. The van der Waals surface area contributed by atoms with Crippen LogP contribution in [-0.2, 0) is 6.54 Å². The lowest BCUT2D eigenvalue weighted by Gasteiger charge is -2.16. The van der Waals surface area contributed by atoms with Crippen LogP contribution in [0.15, 0.2) is 77.6 Å². The highest BCUT2D eigenvalue weighted by atomic mass is 127. The Hall–Kier alpha value is -2.73. The van der Waals surface area contributed by atoms with Crippen LogP contribution in [0.4, 0.5) is 0 Å². The summed E-state index contributed by atoms with van der Waals surface area (Å²) in [4.78, 5) is 26.5. The van der Waals surface area contributed by atoms with E-state index in [9.17, 15) is 9.59 Å². The second-order valence-electron chi connectivity index (χ2n) is 6.63. The number of hydrogen-bond acceptors (Lipinski definition) is 2. The lowest BCUT2D eigenvalue weighted by atomic mass is 10.0. The van der Waals surface area contributed by atoms with Crippen LogP contribution in [0.2, 0.25) is 0 Å². The van der Waals surface area contributed by atoms with Crippen molar-refractivity contribution >= 4 is 39.1 Å². The molecule has 0 spiro atoms. The molecule has 0 radical (unpaired) electrons. The normalized spacial score (nSPS) is 12.3. The largest absolute Gasteiger partial charge is 0.302 e. The predicted molar refractivity (Wildman–Crippen MR) is 115 cm³/mol. The van der Waals surface area contributed by atoms with Crippen LogP contribution in [0.25, 0.3) is 22.0 Å². The van der Waals surface area contributed by atoms with Crippen LogP contribution in [0.3, 0.4) is 0 Å². The fourth-order valence-corrected chi connectivity index (χ4v) is 4.44.